The summed E-state index contributed by atoms with van der Waals surface area (Å²) in [6.45, 7) is 8.25. The first-order valence-corrected chi connectivity index (χ1v) is 5.66. The van der Waals surface area contributed by atoms with Gasteiger partial charge in [-0.15, -0.1) is 0 Å². The van der Waals surface area contributed by atoms with Gasteiger partial charge in [0.2, 0.25) is 0 Å². The fourth-order valence-electron chi connectivity index (χ4n) is 1.54. The molecule has 0 spiro atoms. The van der Waals surface area contributed by atoms with Crippen molar-refractivity contribution < 1.29 is 9.50 Å². The smallest absolute Gasteiger partial charge is 0.131 e. The highest BCUT2D eigenvalue weighted by Gasteiger charge is 2.15. The van der Waals surface area contributed by atoms with E-state index in [2.05, 4.69) is 26.1 Å². The molecule has 0 aliphatic heterocycles. The van der Waals surface area contributed by atoms with Crippen molar-refractivity contribution in [3.8, 4) is 5.75 Å². The largest absolute Gasteiger partial charge is 0.508 e. The minimum atomic E-state index is -0.365. The summed E-state index contributed by atoms with van der Waals surface area (Å²) in [6, 6.07) is 4.54. The van der Waals surface area contributed by atoms with Crippen molar-refractivity contribution in [2.45, 2.75) is 39.8 Å². The number of aromatic hydroxyl groups is 1. The number of hydrogen-bond donors (Lipinski definition) is 2. The summed E-state index contributed by atoms with van der Waals surface area (Å²) in [4.78, 5) is 0. The molecular weight excluding hydrogens is 205 g/mol. The van der Waals surface area contributed by atoms with E-state index >= 15 is 0 Å². The van der Waals surface area contributed by atoms with Crippen LogP contribution in [0.4, 0.5) is 4.39 Å². The van der Waals surface area contributed by atoms with E-state index in [0.717, 1.165) is 6.07 Å². The molecule has 0 radical (unpaired) electrons. The predicted molar refractivity (Wildman–Crippen MR) is 63.9 cm³/mol. The molecule has 2 atom stereocenters. The molecule has 3 heteroatoms. The van der Waals surface area contributed by atoms with Gasteiger partial charge in [-0.3, -0.25) is 0 Å². The molecule has 0 bridgehead atoms. The zero-order chi connectivity index (χ0) is 12.3. The van der Waals surface area contributed by atoms with Crippen molar-refractivity contribution >= 4 is 0 Å². The molecule has 16 heavy (non-hydrogen) atoms. The molecule has 90 valence electrons. The zero-order valence-electron chi connectivity index (χ0n) is 10.3. The summed E-state index contributed by atoms with van der Waals surface area (Å²) in [7, 11) is 0. The molecule has 0 fully saturated rings. The van der Waals surface area contributed by atoms with Crippen molar-refractivity contribution in [3.63, 3.8) is 0 Å². The second-order valence-electron chi connectivity index (χ2n) is 4.63. The molecular formula is C13H20FNO. The number of phenols is 1. The minimum Gasteiger partial charge on any atom is -0.508 e. The van der Waals surface area contributed by atoms with E-state index in [1.807, 2.05) is 6.92 Å². The zero-order valence-corrected chi connectivity index (χ0v) is 10.3. The molecule has 0 aromatic heterocycles. The summed E-state index contributed by atoms with van der Waals surface area (Å²) in [5.74, 6) is 0.101. The maximum absolute atomic E-state index is 13.6. The second kappa shape index (κ2) is 5.30. The van der Waals surface area contributed by atoms with Gasteiger partial charge in [0, 0.05) is 23.7 Å². The lowest BCUT2D eigenvalue weighted by molar-refractivity contribution is 0.381. The van der Waals surface area contributed by atoms with Gasteiger partial charge in [-0.25, -0.2) is 4.39 Å². The first-order chi connectivity index (χ1) is 7.41. The number of rotatable bonds is 4. The number of phenolic OH excluding ortho intramolecular Hbond substituents is 1. The van der Waals surface area contributed by atoms with Crippen molar-refractivity contribution in [1.29, 1.82) is 0 Å². The van der Waals surface area contributed by atoms with Gasteiger partial charge in [-0.05, 0) is 25.8 Å². The molecule has 2 N–H and O–H groups in total. The first kappa shape index (κ1) is 13.0. The van der Waals surface area contributed by atoms with E-state index in [0.29, 0.717) is 17.5 Å². The number of benzene rings is 1. The Bertz CT molecular complexity index is 352. The molecule has 0 saturated carbocycles. The summed E-state index contributed by atoms with van der Waals surface area (Å²) in [5, 5.41) is 12.5. The highest BCUT2D eigenvalue weighted by Crippen LogP contribution is 2.21. The third-order valence-corrected chi connectivity index (χ3v) is 2.96. The standard InChI is InChI=1S/C13H20FNO/c1-8(2)9(3)15-10(4)12-6-5-11(16)7-13(12)14/h5-10,15-16H,1-4H3. The van der Waals surface area contributed by atoms with Crippen LogP contribution in [0.1, 0.15) is 39.3 Å². The van der Waals surface area contributed by atoms with Gasteiger partial charge in [0.15, 0.2) is 0 Å². The highest BCUT2D eigenvalue weighted by atomic mass is 19.1. The maximum atomic E-state index is 13.6. The molecule has 0 saturated heterocycles. The lowest BCUT2D eigenvalue weighted by Crippen LogP contribution is -2.33. The van der Waals surface area contributed by atoms with Crippen molar-refractivity contribution in [2.24, 2.45) is 5.92 Å². The van der Waals surface area contributed by atoms with Gasteiger partial charge >= 0.3 is 0 Å². The second-order valence-corrected chi connectivity index (χ2v) is 4.63. The average Bonchev–Trinajstić information content (AvgIpc) is 2.16. The summed E-state index contributed by atoms with van der Waals surface area (Å²) < 4.78 is 13.6. The summed E-state index contributed by atoms with van der Waals surface area (Å²) >= 11 is 0. The predicted octanol–water partition coefficient (Wildman–Crippen LogP) is 3.23. The van der Waals surface area contributed by atoms with Crippen LogP contribution in [-0.4, -0.2) is 11.1 Å². The Morgan fingerprint density at radius 3 is 2.31 bits per heavy atom. The molecule has 2 unspecified atom stereocenters. The molecule has 1 rings (SSSR count). The van der Waals surface area contributed by atoms with Crippen LogP contribution >= 0.6 is 0 Å². The Balaban J connectivity index is 2.76. The normalized spacial score (nSPS) is 15.1. The lowest BCUT2D eigenvalue weighted by Gasteiger charge is -2.23. The van der Waals surface area contributed by atoms with E-state index < -0.39 is 0 Å². The van der Waals surface area contributed by atoms with Crippen LogP contribution in [0.25, 0.3) is 0 Å². The van der Waals surface area contributed by atoms with Crippen molar-refractivity contribution in [2.75, 3.05) is 0 Å². The van der Waals surface area contributed by atoms with E-state index in [9.17, 15) is 4.39 Å². The highest BCUT2D eigenvalue weighted by molar-refractivity contribution is 5.29. The van der Waals surface area contributed by atoms with Gasteiger partial charge in [-0.2, -0.15) is 0 Å². The van der Waals surface area contributed by atoms with Crippen LogP contribution in [-0.2, 0) is 0 Å². The first-order valence-electron chi connectivity index (χ1n) is 5.66. The number of hydrogen-bond acceptors (Lipinski definition) is 2. The Kier molecular flexibility index (Phi) is 4.30. The average molecular weight is 225 g/mol. The molecule has 2 nitrogen and oxygen atoms in total. The number of nitrogens with one attached hydrogen (secondary N) is 1. The van der Waals surface area contributed by atoms with E-state index in [1.54, 1.807) is 6.07 Å². The van der Waals surface area contributed by atoms with Crippen LogP contribution in [0.5, 0.6) is 5.75 Å². The summed E-state index contributed by atoms with van der Waals surface area (Å²) in [5.41, 5.74) is 0.588. The Morgan fingerprint density at radius 2 is 1.81 bits per heavy atom. The van der Waals surface area contributed by atoms with Crippen LogP contribution in [0, 0.1) is 11.7 Å². The van der Waals surface area contributed by atoms with Gasteiger partial charge in [0.1, 0.15) is 11.6 Å². The molecule has 0 amide bonds. The Morgan fingerprint density at radius 1 is 1.19 bits per heavy atom. The SMILES string of the molecule is CC(NC(C)C(C)C)c1ccc(O)cc1F. The van der Waals surface area contributed by atoms with Gasteiger partial charge < -0.3 is 10.4 Å². The third kappa shape index (κ3) is 3.20. The molecule has 1 aromatic rings. The van der Waals surface area contributed by atoms with E-state index in [1.165, 1.54) is 6.07 Å². The maximum Gasteiger partial charge on any atom is 0.131 e. The van der Waals surface area contributed by atoms with Crippen molar-refractivity contribution in [1.82, 2.24) is 5.32 Å². The van der Waals surface area contributed by atoms with Crippen molar-refractivity contribution in [3.05, 3.63) is 29.6 Å². The van der Waals surface area contributed by atoms with Crippen LogP contribution in [0.3, 0.4) is 0 Å². The topological polar surface area (TPSA) is 32.3 Å². The van der Waals surface area contributed by atoms with E-state index in [4.69, 9.17) is 5.11 Å². The fraction of sp³-hybridized carbons (Fsp3) is 0.538. The third-order valence-electron chi connectivity index (χ3n) is 2.96. The monoisotopic (exact) mass is 225 g/mol. The molecule has 0 heterocycles. The fourth-order valence-corrected chi connectivity index (χ4v) is 1.54. The lowest BCUT2D eigenvalue weighted by atomic mass is 10.0. The Hall–Kier alpha value is -1.09. The van der Waals surface area contributed by atoms with Gasteiger partial charge in [0.25, 0.3) is 0 Å². The number of halogens is 1. The van der Waals surface area contributed by atoms with Gasteiger partial charge in [0.05, 0.1) is 0 Å². The molecule has 0 aliphatic carbocycles. The van der Waals surface area contributed by atoms with Crippen LogP contribution < -0.4 is 5.32 Å². The van der Waals surface area contributed by atoms with Crippen LogP contribution in [0.2, 0.25) is 0 Å². The van der Waals surface area contributed by atoms with E-state index in [-0.39, 0.29) is 17.6 Å². The van der Waals surface area contributed by atoms with Gasteiger partial charge in [-0.1, -0.05) is 19.9 Å². The molecule has 1 aromatic carbocycles. The Labute approximate surface area is 96.5 Å². The quantitative estimate of drug-likeness (QED) is 0.824. The minimum absolute atomic E-state index is 0.0367. The summed E-state index contributed by atoms with van der Waals surface area (Å²) in [6.07, 6.45) is 0. The van der Waals surface area contributed by atoms with Crippen LogP contribution in [0.15, 0.2) is 18.2 Å². The molecule has 0 aliphatic rings.